The van der Waals surface area contributed by atoms with Crippen LogP contribution in [-0.2, 0) is 4.79 Å². The number of benzene rings is 2. The van der Waals surface area contributed by atoms with Crippen LogP contribution in [-0.4, -0.2) is 12.5 Å². The monoisotopic (exact) mass is 332 g/mol. The smallest absolute Gasteiger partial charge is 0.224 e. The summed E-state index contributed by atoms with van der Waals surface area (Å²) in [5.74, 6) is 0.184. The number of aryl methyl sites for hydroxylation is 1. The quantitative estimate of drug-likeness (QED) is 0.834. The van der Waals surface area contributed by atoms with E-state index in [4.69, 9.17) is 5.26 Å². The highest BCUT2D eigenvalue weighted by molar-refractivity contribution is 5.81. The molecule has 25 heavy (non-hydrogen) atoms. The van der Waals surface area contributed by atoms with Crippen LogP contribution < -0.4 is 5.32 Å². The Morgan fingerprint density at radius 1 is 1.12 bits per heavy atom. The SMILES string of the molecule is Cc1ccc(-c2ccccc2C2CCCCC2C(=O)NCC#N)cc1. The maximum atomic E-state index is 12.6. The maximum Gasteiger partial charge on any atom is 0.224 e. The zero-order chi connectivity index (χ0) is 17.6. The standard InChI is InChI=1S/C22H24N2O/c1-16-10-12-17(13-11-16)18-6-2-3-7-19(18)20-8-4-5-9-21(20)22(25)24-15-14-23/h2-3,6-7,10-13,20-21H,4-5,8-9,15H2,1H3,(H,24,25). The Bertz CT molecular complexity index is 773. The minimum absolute atomic E-state index is 0.0185. The van der Waals surface area contributed by atoms with Gasteiger partial charge in [0.05, 0.1) is 6.07 Å². The molecule has 1 N–H and O–H groups in total. The minimum Gasteiger partial charge on any atom is -0.343 e. The summed E-state index contributed by atoms with van der Waals surface area (Å²) in [5, 5.41) is 11.5. The number of rotatable bonds is 4. The molecule has 2 atom stereocenters. The van der Waals surface area contributed by atoms with E-state index in [1.54, 1.807) is 0 Å². The topological polar surface area (TPSA) is 52.9 Å². The summed E-state index contributed by atoms with van der Waals surface area (Å²) in [4.78, 5) is 12.6. The molecule has 3 heteroatoms. The van der Waals surface area contributed by atoms with Crippen molar-refractivity contribution in [3.05, 3.63) is 59.7 Å². The first-order chi connectivity index (χ1) is 12.2. The van der Waals surface area contributed by atoms with Crippen molar-refractivity contribution >= 4 is 5.91 Å². The van der Waals surface area contributed by atoms with Gasteiger partial charge in [-0.15, -0.1) is 0 Å². The fraction of sp³-hybridized carbons (Fsp3) is 0.364. The van der Waals surface area contributed by atoms with Crippen LogP contribution >= 0.6 is 0 Å². The molecule has 0 radical (unpaired) electrons. The molecule has 0 saturated heterocycles. The molecule has 2 unspecified atom stereocenters. The molecule has 1 amide bonds. The molecule has 1 aliphatic rings. The van der Waals surface area contributed by atoms with Crippen LogP contribution in [0.15, 0.2) is 48.5 Å². The van der Waals surface area contributed by atoms with Crippen molar-refractivity contribution in [2.45, 2.75) is 38.5 Å². The molecule has 0 aliphatic heterocycles. The Morgan fingerprint density at radius 2 is 1.84 bits per heavy atom. The number of nitrogens with one attached hydrogen (secondary N) is 1. The second-order valence-corrected chi connectivity index (χ2v) is 6.83. The van der Waals surface area contributed by atoms with E-state index in [0.717, 1.165) is 25.7 Å². The zero-order valence-electron chi connectivity index (χ0n) is 14.7. The molecular weight excluding hydrogens is 308 g/mol. The molecule has 0 heterocycles. The molecule has 2 aromatic carbocycles. The van der Waals surface area contributed by atoms with Crippen LogP contribution in [0.25, 0.3) is 11.1 Å². The van der Waals surface area contributed by atoms with Crippen LogP contribution in [0.3, 0.4) is 0 Å². The first-order valence-electron chi connectivity index (χ1n) is 9.01. The first-order valence-corrected chi connectivity index (χ1v) is 9.01. The molecule has 0 aromatic heterocycles. The number of hydrogen-bond donors (Lipinski definition) is 1. The van der Waals surface area contributed by atoms with E-state index in [1.165, 1.54) is 22.3 Å². The van der Waals surface area contributed by atoms with Gasteiger partial charge in [-0.05, 0) is 42.4 Å². The van der Waals surface area contributed by atoms with E-state index in [-0.39, 0.29) is 24.3 Å². The van der Waals surface area contributed by atoms with Gasteiger partial charge >= 0.3 is 0 Å². The Hall–Kier alpha value is -2.60. The Kier molecular flexibility index (Phi) is 5.50. The Balaban J connectivity index is 1.95. The van der Waals surface area contributed by atoms with Crippen molar-refractivity contribution in [3.8, 4) is 17.2 Å². The molecule has 1 aliphatic carbocycles. The Morgan fingerprint density at radius 3 is 2.60 bits per heavy atom. The number of hydrogen-bond acceptors (Lipinski definition) is 2. The number of nitriles is 1. The maximum absolute atomic E-state index is 12.6. The van der Waals surface area contributed by atoms with Crippen molar-refractivity contribution in [2.24, 2.45) is 5.92 Å². The summed E-state index contributed by atoms with van der Waals surface area (Å²) in [6.45, 7) is 2.17. The highest BCUT2D eigenvalue weighted by Crippen LogP contribution is 2.41. The van der Waals surface area contributed by atoms with Crippen molar-refractivity contribution < 1.29 is 4.79 Å². The largest absolute Gasteiger partial charge is 0.343 e. The number of nitrogens with zero attached hydrogens (tertiary/aromatic N) is 1. The van der Waals surface area contributed by atoms with Crippen molar-refractivity contribution in [1.29, 1.82) is 5.26 Å². The van der Waals surface area contributed by atoms with Crippen molar-refractivity contribution in [2.75, 3.05) is 6.54 Å². The Labute approximate surface area is 149 Å². The van der Waals surface area contributed by atoms with Crippen LogP contribution in [0.1, 0.15) is 42.7 Å². The van der Waals surface area contributed by atoms with E-state index in [2.05, 4.69) is 60.8 Å². The normalized spacial score (nSPS) is 19.8. The van der Waals surface area contributed by atoms with Crippen molar-refractivity contribution in [3.63, 3.8) is 0 Å². The van der Waals surface area contributed by atoms with E-state index in [9.17, 15) is 4.79 Å². The molecule has 3 rings (SSSR count). The van der Waals surface area contributed by atoms with Crippen LogP contribution in [0, 0.1) is 24.2 Å². The molecule has 1 fully saturated rings. The lowest BCUT2D eigenvalue weighted by Gasteiger charge is -2.32. The minimum atomic E-state index is -0.0475. The van der Waals surface area contributed by atoms with Crippen LogP contribution in [0.4, 0.5) is 0 Å². The predicted molar refractivity (Wildman–Crippen MR) is 99.9 cm³/mol. The summed E-state index contributed by atoms with van der Waals surface area (Å²) in [6, 6.07) is 19.0. The first kappa shape index (κ1) is 17.2. The van der Waals surface area contributed by atoms with Gasteiger partial charge in [0.1, 0.15) is 6.54 Å². The summed E-state index contributed by atoms with van der Waals surface area (Å²) in [5.41, 5.74) is 4.91. The van der Waals surface area contributed by atoms with E-state index in [1.807, 2.05) is 6.07 Å². The van der Waals surface area contributed by atoms with Gasteiger partial charge in [-0.1, -0.05) is 66.9 Å². The third-order valence-corrected chi connectivity index (χ3v) is 5.17. The van der Waals surface area contributed by atoms with Gasteiger partial charge < -0.3 is 5.32 Å². The number of carbonyl (C=O) groups is 1. The number of carbonyl (C=O) groups excluding carboxylic acids is 1. The predicted octanol–water partition coefficient (Wildman–Crippen LogP) is 4.58. The summed E-state index contributed by atoms with van der Waals surface area (Å²) in [7, 11) is 0. The molecule has 1 saturated carbocycles. The van der Waals surface area contributed by atoms with Gasteiger partial charge in [-0.25, -0.2) is 0 Å². The van der Waals surface area contributed by atoms with E-state index >= 15 is 0 Å². The third kappa shape index (κ3) is 3.91. The lowest BCUT2D eigenvalue weighted by Crippen LogP contribution is -2.36. The van der Waals surface area contributed by atoms with Gasteiger partial charge in [0.2, 0.25) is 5.91 Å². The van der Waals surface area contributed by atoms with Gasteiger partial charge in [0, 0.05) is 5.92 Å². The van der Waals surface area contributed by atoms with E-state index < -0.39 is 0 Å². The molecule has 3 nitrogen and oxygen atoms in total. The second kappa shape index (κ2) is 7.98. The molecule has 0 bridgehead atoms. The fourth-order valence-corrected chi connectivity index (χ4v) is 3.89. The molecule has 2 aromatic rings. The van der Waals surface area contributed by atoms with Crippen LogP contribution in [0.5, 0.6) is 0 Å². The lowest BCUT2D eigenvalue weighted by molar-refractivity contribution is -0.126. The van der Waals surface area contributed by atoms with Crippen LogP contribution in [0.2, 0.25) is 0 Å². The molecular formula is C22H24N2O. The second-order valence-electron chi connectivity index (χ2n) is 6.83. The lowest BCUT2D eigenvalue weighted by atomic mass is 9.73. The third-order valence-electron chi connectivity index (χ3n) is 5.17. The van der Waals surface area contributed by atoms with Gasteiger partial charge in [-0.3, -0.25) is 4.79 Å². The van der Waals surface area contributed by atoms with E-state index in [0.29, 0.717) is 0 Å². The summed E-state index contributed by atoms with van der Waals surface area (Å²) < 4.78 is 0. The van der Waals surface area contributed by atoms with Crippen molar-refractivity contribution in [1.82, 2.24) is 5.32 Å². The molecule has 128 valence electrons. The van der Waals surface area contributed by atoms with Gasteiger partial charge in [0.25, 0.3) is 0 Å². The van der Waals surface area contributed by atoms with Gasteiger partial charge in [-0.2, -0.15) is 5.26 Å². The zero-order valence-corrected chi connectivity index (χ0v) is 14.7. The number of amides is 1. The summed E-state index contributed by atoms with van der Waals surface area (Å²) >= 11 is 0. The molecule has 0 spiro atoms. The average Bonchev–Trinajstić information content (AvgIpc) is 2.67. The highest BCUT2D eigenvalue weighted by atomic mass is 16.1. The summed E-state index contributed by atoms with van der Waals surface area (Å²) in [6.07, 6.45) is 4.14. The average molecular weight is 332 g/mol. The highest BCUT2D eigenvalue weighted by Gasteiger charge is 2.33. The fourth-order valence-electron chi connectivity index (χ4n) is 3.89. The van der Waals surface area contributed by atoms with Gasteiger partial charge in [0.15, 0.2) is 0 Å².